The average Bonchev–Trinajstić information content (AvgIpc) is 2.61. The van der Waals surface area contributed by atoms with Crippen molar-refractivity contribution in [2.24, 2.45) is 0 Å². The SMILES string of the molecule is CNC(=O)C(C)N(Cc1cccc(Br)c1)C(=O)Cc1ccc(Cl)c(Cl)c1. The van der Waals surface area contributed by atoms with Crippen molar-refractivity contribution >= 4 is 50.9 Å². The summed E-state index contributed by atoms with van der Waals surface area (Å²) in [6.45, 7) is 2.04. The summed E-state index contributed by atoms with van der Waals surface area (Å²) in [4.78, 5) is 26.6. The lowest BCUT2D eigenvalue weighted by atomic mass is 10.1. The fourth-order valence-corrected chi connectivity index (χ4v) is 3.32. The molecule has 4 nitrogen and oxygen atoms in total. The molecule has 0 aliphatic carbocycles. The maximum atomic E-state index is 12.9. The van der Waals surface area contributed by atoms with E-state index in [0.29, 0.717) is 16.6 Å². The second kappa shape index (κ2) is 9.40. The molecule has 0 spiro atoms. The summed E-state index contributed by atoms with van der Waals surface area (Å²) >= 11 is 15.4. The van der Waals surface area contributed by atoms with Gasteiger partial charge in [0.05, 0.1) is 16.5 Å². The van der Waals surface area contributed by atoms with E-state index in [9.17, 15) is 9.59 Å². The third kappa shape index (κ3) is 5.47. The molecule has 0 aromatic heterocycles. The Labute approximate surface area is 171 Å². The first-order chi connectivity index (χ1) is 12.3. The van der Waals surface area contributed by atoms with Gasteiger partial charge in [0.2, 0.25) is 11.8 Å². The number of nitrogens with zero attached hydrogens (tertiary/aromatic N) is 1. The van der Waals surface area contributed by atoms with Crippen LogP contribution in [0.2, 0.25) is 10.0 Å². The van der Waals surface area contributed by atoms with Gasteiger partial charge in [-0.25, -0.2) is 0 Å². The highest BCUT2D eigenvalue weighted by Crippen LogP contribution is 2.23. The number of likely N-dealkylation sites (N-methyl/N-ethyl adjacent to an activating group) is 1. The van der Waals surface area contributed by atoms with E-state index in [1.165, 1.54) is 0 Å². The van der Waals surface area contributed by atoms with Crippen LogP contribution in [0.25, 0.3) is 0 Å². The number of nitrogens with one attached hydrogen (secondary N) is 1. The van der Waals surface area contributed by atoms with E-state index in [2.05, 4.69) is 21.2 Å². The maximum absolute atomic E-state index is 12.9. The number of halogens is 3. The molecule has 0 radical (unpaired) electrons. The zero-order chi connectivity index (χ0) is 19.3. The highest BCUT2D eigenvalue weighted by molar-refractivity contribution is 9.10. The number of carbonyl (C=O) groups excluding carboxylic acids is 2. The molecule has 0 saturated heterocycles. The van der Waals surface area contributed by atoms with Crippen LogP contribution in [0.4, 0.5) is 0 Å². The highest BCUT2D eigenvalue weighted by atomic mass is 79.9. The third-order valence-electron chi connectivity index (χ3n) is 4.00. The monoisotopic (exact) mass is 456 g/mol. The molecule has 0 aliphatic heterocycles. The van der Waals surface area contributed by atoms with Crippen LogP contribution in [0.5, 0.6) is 0 Å². The molecule has 1 unspecified atom stereocenters. The Bertz CT molecular complexity index is 814. The highest BCUT2D eigenvalue weighted by Gasteiger charge is 2.25. The maximum Gasteiger partial charge on any atom is 0.242 e. The predicted molar refractivity (Wildman–Crippen MR) is 108 cm³/mol. The summed E-state index contributed by atoms with van der Waals surface area (Å²) < 4.78 is 0.916. The molecule has 26 heavy (non-hydrogen) atoms. The summed E-state index contributed by atoms with van der Waals surface area (Å²) in [5.41, 5.74) is 1.67. The molecule has 2 aromatic carbocycles. The third-order valence-corrected chi connectivity index (χ3v) is 5.23. The summed E-state index contributed by atoms with van der Waals surface area (Å²) in [6, 6.07) is 12.1. The van der Waals surface area contributed by atoms with Crippen molar-refractivity contribution in [2.75, 3.05) is 7.05 Å². The van der Waals surface area contributed by atoms with Crippen molar-refractivity contribution in [3.63, 3.8) is 0 Å². The van der Waals surface area contributed by atoms with Gasteiger partial charge in [0, 0.05) is 18.1 Å². The Balaban J connectivity index is 2.25. The molecule has 7 heteroatoms. The molecule has 2 rings (SSSR count). The van der Waals surface area contributed by atoms with Gasteiger partial charge < -0.3 is 10.2 Å². The van der Waals surface area contributed by atoms with E-state index in [0.717, 1.165) is 15.6 Å². The van der Waals surface area contributed by atoms with E-state index in [4.69, 9.17) is 23.2 Å². The van der Waals surface area contributed by atoms with Gasteiger partial charge in [0.25, 0.3) is 0 Å². The second-order valence-electron chi connectivity index (χ2n) is 5.87. The Hall–Kier alpha value is -1.56. The quantitative estimate of drug-likeness (QED) is 0.695. The van der Waals surface area contributed by atoms with Crippen LogP contribution in [-0.2, 0) is 22.6 Å². The van der Waals surface area contributed by atoms with Crippen LogP contribution < -0.4 is 5.32 Å². The molecule has 0 aliphatic rings. The van der Waals surface area contributed by atoms with Crippen LogP contribution in [0.1, 0.15) is 18.1 Å². The molecule has 2 aromatic rings. The molecule has 1 atom stereocenters. The molecule has 0 saturated carbocycles. The number of carbonyl (C=O) groups is 2. The van der Waals surface area contributed by atoms with E-state index in [-0.39, 0.29) is 18.2 Å². The Kier molecular flexibility index (Phi) is 7.50. The van der Waals surface area contributed by atoms with Gasteiger partial charge in [0.1, 0.15) is 6.04 Å². The topological polar surface area (TPSA) is 49.4 Å². The van der Waals surface area contributed by atoms with Crippen molar-refractivity contribution in [2.45, 2.75) is 25.9 Å². The van der Waals surface area contributed by atoms with Gasteiger partial charge in [-0.1, -0.05) is 57.3 Å². The lowest BCUT2D eigenvalue weighted by molar-refractivity contribution is -0.139. The van der Waals surface area contributed by atoms with Gasteiger partial charge in [-0.05, 0) is 42.3 Å². The van der Waals surface area contributed by atoms with Gasteiger partial charge in [-0.2, -0.15) is 0 Å². The van der Waals surface area contributed by atoms with E-state index in [1.54, 1.807) is 37.1 Å². The Morgan fingerprint density at radius 1 is 1.12 bits per heavy atom. The number of benzene rings is 2. The fourth-order valence-electron chi connectivity index (χ4n) is 2.55. The minimum absolute atomic E-state index is 0.131. The standard InChI is InChI=1S/C19H19BrCl2N2O2/c1-12(19(26)23-2)24(11-14-4-3-5-15(20)8-14)18(25)10-13-6-7-16(21)17(22)9-13/h3-9,12H,10-11H2,1-2H3,(H,23,26). The van der Waals surface area contributed by atoms with Crippen LogP contribution in [0.15, 0.2) is 46.9 Å². The number of hydrogen-bond acceptors (Lipinski definition) is 2. The van der Waals surface area contributed by atoms with Crippen LogP contribution in [0, 0.1) is 0 Å². The largest absolute Gasteiger partial charge is 0.357 e. The lowest BCUT2D eigenvalue weighted by Crippen LogP contribution is -2.47. The molecule has 0 fully saturated rings. The minimum atomic E-state index is -0.603. The second-order valence-corrected chi connectivity index (χ2v) is 7.60. The normalized spacial score (nSPS) is 11.7. The first-order valence-corrected chi connectivity index (χ1v) is 9.56. The Morgan fingerprint density at radius 2 is 1.85 bits per heavy atom. The summed E-state index contributed by atoms with van der Waals surface area (Å²) in [7, 11) is 1.56. The Morgan fingerprint density at radius 3 is 2.46 bits per heavy atom. The first-order valence-electron chi connectivity index (χ1n) is 8.01. The van der Waals surface area contributed by atoms with E-state index >= 15 is 0 Å². The van der Waals surface area contributed by atoms with Crippen molar-refractivity contribution in [1.82, 2.24) is 10.2 Å². The van der Waals surface area contributed by atoms with E-state index < -0.39 is 6.04 Å². The summed E-state index contributed by atoms with van der Waals surface area (Å²) in [6.07, 6.45) is 0.131. The van der Waals surface area contributed by atoms with Gasteiger partial charge in [-0.3, -0.25) is 9.59 Å². The van der Waals surface area contributed by atoms with Crippen molar-refractivity contribution < 1.29 is 9.59 Å². The molecule has 0 heterocycles. The number of amides is 2. The first kappa shape index (κ1) is 20.7. The van der Waals surface area contributed by atoms with Crippen molar-refractivity contribution in [1.29, 1.82) is 0 Å². The van der Waals surface area contributed by atoms with Crippen molar-refractivity contribution in [3.05, 3.63) is 68.1 Å². The minimum Gasteiger partial charge on any atom is -0.357 e. The number of rotatable bonds is 6. The smallest absolute Gasteiger partial charge is 0.242 e. The molecule has 138 valence electrons. The zero-order valence-electron chi connectivity index (χ0n) is 14.4. The van der Waals surface area contributed by atoms with Gasteiger partial charge >= 0.3 is 0 Å². The molecule has 1 N–H and O–H groups in total. The van der Waals surface area contributed by atoms with Crippen LogP contribution in [0.3, 0.4) is 0 Å². The molecular weight excluding hydrogens is 439 g/mol. The average molecular weight is 458 g/mol. The van der Waals surface area contributed by atoms with Crippen LogP contribution >= 0.6 is 39.1 Å². The van der Waals surface area contributed by atoms with Crippen LogP contribution in [-0.4, -0.2) is 29.8 Å². The molecule has 2 amide bonds. The summed E-state index contributed by atoms with van der Waals surface area (Å²) in [5.74, 6) is -0.387. The number of hydrogen-bond donors (Lipinski definition) is 1. The van der Waals surface area contributed by atoms with E-state index in [1.807, 2.05) is 24.3 Å². The zero-order valence-corrected chi connectivity index (χ0v) is 17.5. The molecule has 0 bridgehead atoms. The lowest BCUT2D eigenvalue weighted by Gasteiger charge is -2.28. The summed E-state index contributed by atoms with van der Waals surface area (Å²) in [5, 5.41) is 3.43. The fraction of sp³-hybridized carbons (Fsp3) is 0.263. The molecular formula is C19H19BrCl2N2O2. The van der Waals surface area contributed by atoms with Gasteiger partial charge in [-0.15, -0.1) is 0 Å². The predicted octanol–water partition coefficient (Wildman–Crippen LogP) is 4.46. The van der Waals surface area contributed by atoms with Crippen molar-refractivity contribution in [3.8, 4) is 0 Å². The van der Waals surface area contributed by atoms with Gasteiger partial charge in [0.15, 0.2) is 0 Å².